The van der Waals surface area contributed by atoms with E-state index in [1.807, 2.05) is 6.92 Å². The number of nitro groups is 2. The van der Waals surface area contributed by atoms with Gasteiger partial charge in [0, 0.05) is 34.9 Å². The molecule has 128 valence electrons. The van der Waals surface area contributed by atoms with Crippen LogP contribution in [0.25, 0.3) is 0 Å². The Balaban J connectivity index is 0.000000254. The Morgan fingerprint density at radius 2 is 1.33 bits per heavy atom. The molecule has 0 N–H and O–H groups in total. The average Bonchev–Trinajstić information content (AvgIpc) is 2.47. The van der Waals surface area contributed by atoms with E-state index in [-0.39, 0.29) is 16.3 Å². The Labute approximate surface area is 142 Å². The van der Waals surface area contributed by atoms with Gasteiger partial charge in [-0.05, 0) is 19.4 Å². The molecule has 0 spiro atoms. The van der Waals surface area contributed by atoms with Crippen molar-refractivity contribution in [1.29, 1.82) is 0 Å². The molecule has 0 aliphatic heterocycles. The molecule has 0 atom stereocenters. The first-order valence-electron chi connectivity index (χ1n) is 6.43. The monoisotopic (exact) mass is 372 g/mol. The number of aryl methyl sites for hydroxylation is 2. The molecule has 0 fully saturated rings. The van der Waals surface area contributed by atoms with Gasteiger partial charge in [0.05, 0.1) is 14.7 Å². The lowest BCUT2D eigenvalue weighted by Crippen LogP contribution is -1.96. The van der Waals surface area contributed by atoms with Crippen LogP contribution in [0.15, 0.2) is 47.4 Å². The molecule has 0 heterocycles. The van der Waals surface area contributed by atoms with Gasteiger partial charge in [-0.2, -0.15) is 0 Å². The molecule has 0 aliphatic carbocycles. The summed E-state index contributed by atoms with van der Waals surface area (Å²) in [6.07, 6.45) is 0. The number of hydrogen-bond donors (Lipinski definition) is 0. The topological polar surface area (TPSA) is 120 Å². The molecule has 24 heavy (non-hydrogen) atoms. The van der Waals surface area contributed by atoms with Gasteiger partial charge in [0.25, 0.3) is 20.4 Å². The molecule has 2 rings (SSSR count). The van der Waals surface area contributed by atoms with Gasteiger partial charge >= 0.3 is 0 Å². The van der Waals surface area contributed by atoms with Crippen molar-refractivity contribution in [2.75, 3.05) is 0 Å². The van der Waals surface area contributed by atoms with Crippen LogP contribution in [0.2, 0.25) is 0 Å². The molecular weight excluding hydrogens is 360 g/mol. The van der Waals surface area contributed by atoms with E-state index < -0.39 is 18.9 Å². The van der Waals surface area contributed by atoms with E-state index in [4.69, 9.17) is 10.7 Å². The predicted molar refractivity (Wildman–Crippen MR) is 88.7 cm³/mol. The van der Waals surface area contributed by atoms with Crippen LogP contribution >= 0.6 is 10.7 Å². The van der Waals surface area contributed by atoms with Crippen molar-refractivity contribution in [3.63, 3.8) is 0 Å². The van der Waals surface area contributed by atoms with Crippen LogP contribution in [0.1, 0.15) is 11.1 Å². The molecule has 8 nitrogen and oxygen atoms in total. The van der Waals surface area contributed by atoms with Gasteiger partial charge in [0.2, 0.25) is 0 Å². The van der Waals surface area contributed by atoms with Gasteiger partial charge in [-0.25, -0.2) is 8.42 Å². The van der Waals surface area contributed by atoms with E-state index in [0.29, 0.717) is 5.56 Å². The summed E-state index contributed by atoms with van der Waals surface area (Å²) >= 11 is 0. The maximum absolute atomic E-state index is 11.0. The lowest BCUT2D eigenvalue weighted by Gasteiger charge is -2.00. The minimum Gasteiger partial charge on any atom is -0.258 e. The first-order chi connectivity index (χ1) is 11.0. The van der Waals surface area contributed by atoms with Crippen LogP contribution in [0.3, 0.4) is 0 Å². The van der Waals surface area contributed by atoms with Gasteiger partial charge in [-0.3, -0.25) is 20.2 Å². The highest BCUT2D eigenvalue weighted by Crippen LogP contribution is 2.24. The summed E-state index contributed by atoms with van der Waals surface area (Å²) in [6, 6.07) is 9.94. The van der Waals surface area contributed by atoms with E-state index in [9.17, 15) is 28.6 Å². The van der Waals surface area contributed by atoms with E-state index >= 15 is 0 Å². The molecule has 10 heteroatoms. The lowest BCUT2D eigenvalue weighted by molar-refractivity contribution is -0.385. The summed E-state index contributed by atoms with van der Waals surface area (Å²) in [7, 11) is 1.17. The standard InChI is InChI=1S/C7H6ClNO4S.C7H7NO2/c1-5-2-3-6(9(10)11)4-7(5)14(8,12)13;1-6-2-4-7(5-3-6)8(9)10/h2-4H,1H3;2-5H,1H3. The number of rotatable bonds is 3. The number of halogens is 1. The predicted octanol–water partition coefficient (Wildman–Crippen LogP) is 3.73. The molecule has 0 saturated carbocycles. The second-order valence-corrected chi connectivity index (χ2v) is 7.27. The zero-order chi connectivity index (χ0) is 18.5. The highest BCUT2D eigenvalue weighted by molar-refractivity contribution is 8.13. The summed E-state index contributed by atoms with van der Waals surface area (Å²) in [4.78, 5) is 19.2. The third kappa shape index (κ3) is 5.60. The van der Waals surface area contributed by atoms with Crippen LogP contribution in [0.4, 0.5) is 11.4 Å². The van der Waals surface area contributed by atoms with Crippen LogP contribution in [-0.4, -0.2) is 18.3 Å². The second kappa shape index (κ2) is 7.84. The fourth-order valence-corrected chi connectivity index (χ4v) is 2.84. The van der Waals surface area contributed by atoms with E-state index in [1.165, 1.54) is 31.2 Å². The summed E-state index contributed by atoms with van der Waals surface area (Å²) in [6.45, 7) is 3.41. The number of benzene rings is 2. The minimum absolute atomic E-state index is 0.144. The average molecular weight is 373 g/mol. The van der Waals surface area contributed by atoms with Gasteiger partial charge in [0.1, 0.15) is 0 Å². The Morgan fingerprint density at radius 3 is 1.75 bits per heavy atom. The van der Waals surface area contributed by atoms with Crippen molar-refractivity contribution in [2.45, 2.75) is 18.7 Å². The minimum atomic E-state index is -3.92. The maximum Gasteiger partial charge on any atom is 0.270 e. The van der Waals surface area contributed by atoms with E-state index in [1.54, 1.807) is 12.1 Å². The zero-order valence-corrected chi connectivity index (χ0v) is 14.2. The second-order valence-electron chi connectivity index (χ2n) is 4.74. The first kappa shape index (κ1) is 19.5. The highest BCUT2D eigenvalue weighted by Gasteiger charge is 2.17. The van der Waals surface area contributed by atoms with Crippen LogP contribution in [-0.2, 0) is 9.05 Å². The quantitative estimate of drug-likeness (QED) is 0.459. The third-order valence-electron chi connectivity index (χ3n) is 2.89. The summed E-state index contributed by atoms with van der Waals surface area (Å²) in [5, 5.41) is 20.5. The normalized spacial score (nSPS) is 10.5. The summed E-state index contributed by atoms with van der Waals surface area (Å²) in [5.41, 5.74) is 1.26. The Morgan fingerprint density at radius 1 is 0.875 bits per heavy atom. The maximum atomic E-state index is 11.0. The van der Waals surface area contributed by atoms with E-state index in [0.717, 1.165) is 11.6 Å². The molecule has 2 aromatic rings. The molecule has 0 bridgehead atoms. The van der Waals surface area contributed by atoms with Gasteiger partial charge in [-0.15, -0.1) is 0 Å². The van der Waals surface area contributed by atoms with Crippen LogP contribution in [0.5, 0.6) is 0 Å². The molecule has 0 aliphatic rings. The van der Waals surface area contributed by atoms with Crippen molar-refractivity contribution in [2.24, 2.45) is 0 Å². The molecule has 0 saturated heterocycles. The largest absolute Gasteiger partial charge is 0.270 e. The van der Waals surface area contributed by atoms with Crippen molar-refractivity contribution < 1.29 is 18.3 Å². The van der Waals surface area contributed by atoms with Crippen molar-refractivity contribution >= 4 is 31.1 Å². The van der Waals surface area contributed by atoms with Gasteiger partial charge in [-0.1, -0.05) is 23.8 Å². The summed E-state index contributed by atoms with van der Waals surface area (Å²) < 4.78 is 21.9. The fourth-order valence-electron chi connectivity index (χ4n) is 1.63. The van der Waals surface area contributed by atoms with E-state index in [2.05, 4.69) is 0 Å². The number of nitro benzene ring substituents is 2. The molecule has 0 amide bonds. The van der Waals surface area contributed by atoms with Crippen molar-refractivity contribution in [3.05, 3.63) is 73.8 Å². The van der Waals surface area contributed by atoms with Crippen molar-refractivity contribution in [1.82, 2.24) is 0 Å². The zero-order valence-electron chi connectivity index (χ0n) is 12.7. The smallest absolute Gasteiger partial charge is 0.258 e. The summed E-state index contributed by atoms with van der Waals surface area (Å²) in [5.74, 6) is 0. The molecule has 2 aromatic carbocycles. The highest BCUT2D eigenvalue weighted by atomic mass is 35.7. The SMILES string of the molecule is Cc1ccc([N+](=O)[O-])cc1.Cc1ccc([N+](=O)[O-])cc1S(=O)(=O)Cl. The molecule has 0 radical (unpaired) electrons. The fraction of sp³-hybridized carbons (Fsp3) is 0.143. The third-order valence-corrected chi connectivity index (χ3v) is 4.35. The number of hydrogen-bond acceptors (Lipinski definition) is 6. The Kier molecular flexibility index (Phi) is 6.38. The molecule has 0 unspecified atom stereocenters. The number of nitrogens with zero attached hydrogens (tertiary/aromatic N) is 2. The van der Waals surface area contributed by atoms with Crippen molar-refractivity contribution in [3.8, 4) is 0 Å². The lowest BCUT2D eigenvalue weighted by atomic mass is 10.2. The molecular formula is C14H13ClN2O6S. The number of non-ortho nitro benzene ring substituents is 2. The Hall–Kier alpha value is -2.52. The van der Waals surface area contributed by atoms with Crippen LogP contribution in [0, 0.1) is 34.1 Å². The first-order valence-corrected chi connectivity index (χ1v) is 8.74. The van der Waals surface area contributed by atoms with Gasteiger partial charge in [0.15, 0.2) is 0 Å². The Bertz CT molecular complexity index is 865. The molecule has 0 aromatic heterocycles. The van der Waals surface area contributed by atoms with Crippen LogP contribution < -0.4 is 0 Å². The van der Waals surface area contributed by atoms with Gasteiger partial charge < -0.3 is 0 Å².